The van der Waals surface area contributed by atoms with Crippen molar-refractivity contribution < 1.29 is 24.0 Å². The summed E-state index contributed by atoms with van der Waals surface area (Å²) in [5.41, 5.74) is 2.21. The lowest BCUT2D eigenvalue weighted by molar-refractivity contribution is -0.384. The first-order valence-corrected chi connectivity index (χ1v) is 11.9. The number of carbonyl (C=O) groups excluding carboxylic acids is 2. The summed E-state index contributed by atoms with van der Waals surface area (Å²) in [5, 5.41) is 13.7. The number of imide groups is 1. The van der Waals surface area contributed by atoms with Gasteiger partial charge in [-0.25, -0.2) is 4.79 Å². The SMILES string of the molecule is CCOc1cc(/C=C2/NC(=O)N(Cc3ccccc3)C2=O)cc(Br)c1OCc1cccc([N+](=O)[O-])c1. The lowest BCUT2D eigenvalue weighted by Gasteiger charge is -2.15. The molecule has 0 aromatic heterocycles. The Morgan fingerprint density at radius 2 is 1.78 bits per heavy atom. The zero-order valence-corrected chi connectivity index (χ0v) is 20.9. The fraction of sp³-hybridized carbons (Fsp3) is 0.154. The number of ether oxygens (including phenoxy) is 2. The van der Waals surface area contributed by atoms with Crippen molar-refractivity contribution in [3.05, 3.63) is 104 Å². The first-order valence-electron chi connectivity index (χ1n) is 11.1. The number of halogens is 1. The molecule has 3 aromatic carbocycles. The highest BCUT2D eigenvalue weighted by Crippen LogP contribution is 2.38. The summed E-state index contributed by atoms with van der Waals surface area (Å²) in [6.07, 6.45) is 1.57. The van der Waals surface area contributed by atoms with Crippen LogP contribution in [0.2, 0.25) is 0 Å². The predicted molar refractivity (Wildman–Crippen MR) is 136 cm³/mol. The molecule has 9 nitrogen and oxygen atoms in total. The lowest BCUT2D eigenvalue weighted by Crippen LogP contribution is -2.30. The molecule has 4 rings (SSSR count). The van der Waals surface area contributed by atoms with Gasteiger partial charge in [0.05, 0.1) is 22.5 Å². The molecule has 0 bridgehead atoms. The normalized spacial score (nSPS) is 14.2. The molecule has 3 aromatic rings. The van der Waals surface area contributed by atoms with E-state index in [4.69, 9.17) is 9.47 Å². The summed E-state index contributed by atoms with van der Waals surface area (Å²) in [4.78, 5) is 37.0. The number of amides is 3. The molecule has 0 spiro atoms. The number of non-ortho nitro benzene ring substituents is 1. The van der Waals surface area contributed by atoms with Crippen LogP contribution in [-0.2, 0) is 17.9 Å². The minimum absolute atomic E-state index is 0.0215. The summed E-state index contributed by atoms with van der Waals surface area (Å²) in [6.45, 7) is 2.44. The largest absolute Gasteiger partial charge is 0.490 e. The Labute approximate surface area is 215 Å². The van der Waals surface area contributed by atoms with Crippen molar-refractivity contribution in [3.63, 3.8) is 0 Å². The summed E-state index contributed by atoms with van der Waals surface area (Å²) in [7, 11) is 0. The zero-order valence-electron chi connectivity index (χ0n) is 19.3. The van der Waals surface area contributed by atoms with Gasteiger partial charge in [-0.1, -0.05) is 42.5 Å². The first-order chi connectivity index (χ1) is 17.4. The van der Waals surface area contributed by atoms with Crippen LogP contribution in [-0.4, -0.2) is 28.4 Å². The van der Waals surface area contributed by atoms with Gasteiger partial charge in [-0.05, 0) is 57.8 Å². The van der Waals surface area contributed by atoms with Crippen molar-refractivity contribution in [2.75, 3.05) is 6.61 Å². The third-order valence-electron chi connectivity index (χ3n) is 5.29. The van der Waals surface area contributed by atoms with E-state index in [-0.39, 0.29) is 24.5 Å². The number of nitro groups is 1. The summed E-state index contributed by atoms with van der Waals surface area (Å²) in [5.74, 6) is 0.406. The maximum absolute atomic E-state index is 12.9. The van der Waals surface area contributed by atoms with Gasteiger partial charge in [-0.3, -0.25) is 19.8 Å². The Hall–Kier alpha value is -4.18. The Balaban J connectivity index is 1.55. The highest BCUT2D eigenvalue weighted by atomic mass is 79.9. The van der Waals surface area contributed by atoms with E-state index < -0.39 is 16.9 Å². The minimum atomic E-state index is -0.490. The van der Waals surface area contributed by atoms with Crippen LogP contribution in [0.5, 0.6) is 11.5 Å². The molecule has 1 heterocycles. The molecule has 36 heavy (non-hydrogen) atoms. The van der Waals surface area contributed by atoms with Gasteiger partial charge in [0.1, 0.15) is 12.3 Å². The quantitative estimate of drug-likeness (QED) is 0.164. The van der Waals surface area contributed by atoms with Gasteiger partial charge in [0.15, 0.2) is 11.5 Å². The number of rotatable bonds is 9. The van der Waals surface area contributed by atoms with Crippen LogP contribution in [0.25, 0.3) is 6.08 Å². The standard InChI is InChI=1S/C26H22BrN3O6/c1-2-35-23-14-19(12-21(27)24(23)36-16-18-9-6-10-20(11-18)30(33)34)13-22-25(31)29(26(32)28-22)15-17-7-4-3-5-8-17/h3-14H,2,15-16H2,1H3,(H,28,32)/b22-13+. The topological polar surface area (TPSA) is 111 Å². The zero-order chi connectivity index (χ0) is 25.7. The van der Waals surface area contributed by atoms with Gasteiger partial charge in [-0.2, -0.15) is 0 Å². The summed E-state index contributed by atoms with van der Waals surface area (Å²) >= 11 is 3.49. The van der Waals surface area contributed by atoms with Gasteiger partial charge >= 0.3 is 6.03 Å². The summed E-state index contributed by atoms with van der Waals surface area (Å²) in [6, 6.07) is 18.4. The third kappa shape index (κ3) is 5.72. The van der Waals surface area contributed by atoms with Crippen LogP contribution < -0.4 is 14.8 Å². The molecule has 1 fully saturated rings. The Kier molecular flexibility index (Phi) is 7.65. The monoisotopic (exact) mass is 551 g/mol. The van der Waals surface area contributed by atoms with Crippen LogP contribution in [0.3, 0.4) is 0 Å². The van der Waals surface area contributed by atoms with Gasteiger partial charge < -0.3 is 14.8 Å². The number of carbonyl (C=O) groups is 2. The maximum Gasteiger partial charge on any atom is 0.329 e. The second kappa shape index (κ2) is 11.0. The van der Waals surface area contributed by atoms with Crippen LogP contribution in [0.15, 0.2) is 76.9 Å². The van der Waals surface area contributed by atoms with Gasteiger partial charge in [0.25, 0.3) is 11.6 Å². The van der Waals surface area contributed by atoms with Crippen molar-refractivity contribution in [2.45, 2.75) is 20.1 Å². The van der Waals surface area contributed by atoms with Crippen molar-refractivity contribution in [1.29, 1.82) is 0 Å². The van der Waals surface area contributed by atoms with Crippen LogP contribution in [0.1, 0.15) is 23.6 Å². The van der Waals surface area contributed by atoms with Crippen LogP contribution in [0.4, 0.5) is 10.5 Å². The third-order valence-corrected chi connectivity index (χ3v) is 5.88. The van der Waals surface area contributed by atoms with Gasteiger partial charge in [-0.15, -0.1) is 0 Å². The van der Waals surface area contributed by atoms with Gasteiger partial charge in [0.2, 0.25) is 0 Å². The van der Waals surface area contributed by atoms with E-state index in [9.17, 15) is 19.7 Å². The molecule has 1 aliphatic rings. The number of nitrogens with one attached hydrogen (secondary N) is 1. The average molecular weight is 552 g/mol. The Bertz CT molecular complexity index is 1340. The van der Waals surface area contributed by atoms with E-state index >= 15 is 0 Å². The van der Waals surface area contributed by atoms with E-state index in [0.717, 1.165) is 10.5 Å². The Morgan fingerprint density at radius 1 is 1.03 bits per heavy atom. The van der Waals surface area contributed by atoms with E-state index in [0.29, 0.717) is 33.7 Å². The molecule has 0 unspecified atom stereocenters. The number of nitrogens with zero attached hydrogens (tertiary/aromatic N) is 2. The lowest BCUT2D eigenvalue weighted by atomic mass is 10.1. The molecule has 1 N–H and O–H groups in total. The van der Waals surface area contributed by atoms with E-state index in [2.05, 4.69) is 21.2 Å². The van der Waals surface area contributed by atoms with Crippen LogP contribution >= 0.6 is 15.9 Å². The molecule has 1 saturated heterocycles. The Morgan fingerprint density at radius 3 is 2.50 bits per heavy atom. The van der Waals surface area contributed by atoms with E-state index in [1.54, 1.807) is 30.3 Å². The fourth-order valence-corrected chi connectivity index (χ4v) is 4.21. The molecule has 0 atom stereocenters. The van der Waals surface area contributed by atoms with E-state index in [1.807, 2.05) is 37.3 Å². The maximum atomic E-state index is 12.9. The molecule has 0 radical (unpaired) electrons. The first kappa shape index (κ1) is 24.9. The second-order valence-corrected chi connectivity index (χ2v) is 8.70. The van der Waals surface area contributed by atoms with Crippen molar-refractivity contribution >= 4 is 39.6 Å². The minimum Gasteiger partial charge on any atom is -0.490 e. The predicted octanol–water partition coefficient (Wildman–Crippen LogP) is 5.43. The highest BCUT2D eigenvalue weighted by molar-refractivity contribution is 9.10. The molecule has 3 amide bonds. The van der Waals surface area contributed by atoms with E-state index in [1.165, 1.54) is 12.1 Å². The fourth-order valence-electron chi connectivity index (χ4n) is 3.64. The molecular weight excluding hydrogens is 530 g/mol. The number of hydrogen-bond acceptors (Lipinski definition) is 6. The molecule has 184 valence electrons. The number of nitro benzene ring substituents is 1. The van der Waals surface area contributed by atoms with Crippen molar-refractivity contribution in [1.82, 2.24) is 10.2 Å². The molecular formula is C26H22BrN3O6. The molecule has 0 aliphatic carbocycles. The summed E-state index contributed by atoms with van der Waals surface area (Å²) < 4.78 is 12.2. The van der Waals surface area contributed by atoms with Crippen molar-refractivity contribution in [2.24, 2.45) is 0 Å². The smallest absolute Gasteiger partial charge is 0.329 e. The highest BCUT2D eigenvalue weighted by Gasteiger charge is 2.33. The van der Waals surface area contributed by atoms with Crippen molar-refractivity contribution in [3.8, 4) is 11.5 Å². The molecule has 0 saturated carbocycles. The molecule has 10 heteroatoms. The van der Waals surface area contributed by atoms with Crippen LogP contribution in [0, 0.1) is 10.1 Å². The number of urea groups is 1. The molecule has 1 aliphatic heterocycles. The number of benzene rings is 3. The average Bonchev–Trinajstić information content (AvgIpc) is 3.12. The number of hydrogen-bond donors (Lipinski definition) is 1. The van der Waals surface area contributed by atoms with Gasteiger partial charge in [0, 0.05) is 12.1 Å². The second-order valence-electron chi connectivity index (χ2n) is 7.84.